The van der Waals surface area contributed by atoms with Gasteiger partial charge in [0.15, 0.2) is 16.6 Å². The summed E-state index contributed by atoms with van der Waals surface area (Å²) in [5, 5.41) is 4.22. The number of nitrogens with zero attached hydrogens (tertiary/aromatic N) is 4. The summed E-state index contributed by atoms with van der Waals surface area (Å²) in [6.45, 7) is 7.97. The average Bonchev–Trinajstić information content (AvgIpc) is 3.68. The Kier molecular flexibility index (Phi) is 6.32. The van der Waals surface area contributed by atoms with E-state index in [1.54, 1.807) is 0 Å². The van der Waals surface area contributed by atoms with E-state index in [2.05, 4.69) is 69.9 Å². The molecular weight excluding hydrogens is 522 g/mol. The number of hydrogen-bond donors (Lipinski definition) is 1. The summed E-state index contributed by atoms with van der Waals surface area (Å²) < 4.78 is 19.1. The number of morpholine rings is 1. The normalized spacial score (nSPS) is 20.2. The van der Waals surface area contributed by atoms with Crippen LogP contribution in [0, 0.1) is 13.8 Å². The molecular formula is C31H31N5O3S. The highest BCUT2D eigenvalue weighted by molar-refractivity contribution is 7.80. The van der Waals surface area contributed by atoms with Crippen LogP contribution in [0.2, 0.25) is 0 Å². The van der Waals surface area contributed by atoms with Crippen LogP contribution in [-0.2, 0) is 4.74 Å². The quantitative estimate of drug-likeness (QED) is 0.337. The molecule has 4 aromatic rings. The SMILES string of the molecule is Cc1cc([C@H]2[C@@H](c3ccccn3)NC(=S)N2c2ccc3c(c2)OCO3)c(C)n1-c1ccc(N2CCOCC2)cc1. The van der Waals surface area contributed by atoms with Crippen LogP contribution in [0.1, 0.15) is 34.7 Å². The van der Waals surface area contributed by atoms with Gasteiger partial charge < -0.3 is 33.9 Å². The Morgan fingerprint density at radius 3 is 2.40 bits per heavy atom. The molecule has 7 rings (SSSR count). The number of aryl methyl sites for hydroxylation is 1. The number of nitrogens with one attached hydrogen (secondary N) is 1. The van der Waals surface area contributed by atoms with Crippen molar-refractivity contribution in [3.05, 3.63) is 95.6 Å². The van der Waals surface area contributed by atoms with Crippen LogP contribution >= 0.6 is 12.2 Å². The van der Waals surface area contributed by atoms with Gasteiger partial charge in [-0.25, -0.2) is 0 Å². The predicted octanol–water partition coefficient (Wildman–Crippen LogP) is 5.23. The highest BCUT2D eigenvalue weighted by atomic mass is 32.1. The second kappa shape index (κ2) is 10.1. The van der Waals surface area contributed by atoms with Gasteiger partial charge in [0, 0.05) is 53.8 Å². The van der Waals surface area contributed by atoms with Gasteiger partial charge in [-0.15, -0.1) is 0 Å². The van der Waals surface area contributed by atoms with E-state index in [1.165, 1.54) is 16.9 Å². The Balaban J connectivity index is 1.30. The lowest BCUT2D eigenvalue weighted by molar-refractivity contribution is 0.122. The second-order valence-electron chi connectivity index (χ2n) is 10.3. The molecule has 0 spiro atoms. The third-order valence-corrected chi connectivity index (χ3v) is 8.32. The fraction of sp³-hybridized carbons (Fsp3) is 0.290. The zero-order chi connectivity index (χ0) is 27.2. The van der Waals surface area contributed by atoms with Gasteiger partial charge in [-0.1, -0.05) is 6.07 Å². The lowest BCUT2D eigenvalue weighted by Gasteiger charge is -2.29. The van der Waals surface area contributed by atoms with E-state index < -0.39 is 0 Å². The number of anilines is 2. The molecule has 8 nitrogen and oxygen atoms in total. The van der Waals surface area contributed by atoms with E-state index in [1.807, 2.05) is 36.5 Å². The molecule has 2 atom stereocenters. The van der Waals surface area contributed by atoms with E-state index in [9.17, 15) is 0 Å². The first-order valence-corrected chi connectivity index (χ1v) is 14.0. The molecule has 2 aromatic carbocycles. The molecule has 0 saturated carbocycles. The highest BCUT2D eigenvalue weighted by Gasteiger charge is 2.42. The van der Waals surface area contributed by atoms with Crippen LogP contribution in [0.4, 0.5) is 11.4 Å². The van der Waals surface area contributed by atoms with Gasteiger partial charge in [0.25, 0.3) is 0 Å². The van der Waals surface area contributed by atoms with E-state index in [0.29, 0.717) is 5.11 Å². The first-order chi connectivity index (χ1) is 19.6. The van der Waals surface area contributed by atoms with Gasteiger partial charge in [0.05, 0.1) is 31.0 Å². The molecule has 0 unspecified atom stereocenters. The predicted molar refractivity (Wildman–Crippen MR) is 159 cm³/mol. The molecule has 9 heteroatoms. The van der Waals surface area contributed by atoms with Crippen LogP contribution in [0.25, 0.3) is 5.69 Å². The van der Waals surface area contributed by atoms with Crippen LogP contribution in [0.5, 0.6) is 11.5 Å². The number of aromatic nitrogens is 2. The minimum absolute atomic E-state index is 0.115. The number of rotatable bonds is 5. The van der Waals surface area contributed by atoms with Crippen LogP contribution < -0.4 is 24.6 Å². The molecule has 2 saturated heterocycles. The third-order valence-electron chi connectivity index (χ3n) is 8.01. The minimum Gasteiger partial charge on any atom is -0.454 e. The summed E-state index contributed by atoms with van der Waals surface area (Å²) >= 11 is 5.95. The molecule has 3 aliphatic rings. The fourth-order valence-corrected chi connectivity index (χ4v) is 6.45. The molecule has 1 N–H and O–H groups in total. The maximum atomic E-state index is 5.95. The van der Waals surface area contributed by atoms with E-state index in [4.69, 9.17) is 31.4 Å². The average molecular weight is 554 g/mol. The van der Waals surface area contributed by atoms with E-state index >= 15 is 0 Å². The van der Waals surface area contributed by atoms with Crippen molar-refractivity contribution in [2.45, 2.75) is 25.9 Å². The largest absolute Gasteiger partial charge is 0.454 e. The zero-order valence-electron chi connectivity index (χ0n) is 22.5. The van der Waals surface area contributed by atoms with Gasteiger partial charge >= 0.3 is 0 Å². The minimum atomic E-state index is -0.128. The van der Waals surface area contributed by atoms with Gasteiger partial charge in [0.2, 0.25) is 6.79 Å². The van der Waals surface area contributed by atoms with Gasteiger partial charge in [-0.2, -0.15) is 0 Å². The molecule has 0 amide bonds. The van der Waals surface area contributed by atoms with Crippen molar-refractivity contribution in [1.29, 1.82) is 0 Å². The Bertz CT molecular complexity index is 1550. The first kappa shape index (κ1) is 24.9. The van der Waals surface area contributed by atoms with Gasteiger partial charge in [-0.3, -0.25) is 4.98 Å². The molecule has 0 radical (unpaired) electrons. The number of hydrogen-bond acceptors (Lipinski definition) is 6. The van der Waals surface area contributed by atoms with E-state index in [-0.39, 0.29) is 18.9 Å². The number of ether oxygens (including phenoxy) is 3. The van der Waals surface area contributed by atoms with Crippen molar-refractivity contribution in [1.82, 2.24) is 14.9 Å². The molecule has 3 aliphatic heterocycles. The fourth-order valence-electron chi connectivity index (χ4n) is 6.10. The monoisotopic (exact) mass is 553 g/mol. The number of fused-ring (bicyclic) bond motifs is 1. The summed E-state index contributed by atoms with van der Waals surface area (Å²) in [7, 11) is 0. The summed E-state index contributed by atoms with van der Waals surface area (Å²) in [5.41, 5.74) is 7.77. The number of thiocarbonyl (C=S) groups is 1. The Morgan fingerprint density at radius 2 is 1.62 bits per heavy atom. The van der Waals surface area contributed by atoms with Gasteiger partial charge in [0.1, 0.15) is 0 Å². The molecule has 0 bridgehead atoms. The maximum absolute atomic E-state index is 5.95. The lowest BCUT2D eigenvalue weighted by Crippen LogP contribution is -2.36. The topological polar surface area (TPSA) is 64.0 Å². The highest BCUT2D eigenvalue weighted by Crippen LogP contribution is 2.46. The maximum Gasteiger partial charge on any atom is 0.231 e. The number of pyridine rings is 1. The smallest absolute Gasteiger partial charge is 0.231 e. The third kappa shape index (κ3) is 4.26. The molecule has 5 heterocycles. The molecule has 2 fully saturated rings. The lowest BCUT2D eigenvalue weighted by atomic mass is 9.96. The summed E-state index contributed by atoms with van der Waals surface area (Å²) in [6.07, 6.45) is 1.83. The standard InChI is InChI=1S/C31H31N5O3S/c1-20-17-25(21(2)35(20)23-8-6-22(7-9-23)34-13-15-37-16-14-34)30-29(26-5-3-4-12-32-26)33-31(40)36(30)24-10-11-27-28(18-24)39-19-38-27/h3-12,17-18,29-30H,13-16,19H2,1-2H3,(H,33,40)/t29-,30+/m1/s1. The van der Waals surface area contributed by atoms with Crippen molar-refractivity contribution < 1.29 is 14.2 Å². The van der Waals surface area contributed by atoms with Crippen molar-refractivity contribution in [2.75, 3.05) is 42.9 Å². The van der Waals surface area contributed by atoms with Crippen molar-refractivity contribution >= 4 is 28.7 Å². The van der Waals surface area contributed by atoms with Crippen molar-refractivity contribution in [3.8, 4) is 17.2 Å². The first-order valence-electron chi connectivity index (χ1n) is 13.6. The summed E-state index contributed by atoms with van der Waals surface area (Å²) in [5.74, 6) is 1.48. The molecule has 204 valence electrons. The second-order valence-corrected chi connectivity index (χ2v) is 10.7. The Morgan fingerprint density at radius 1 is 0.875 bits per heavy atom. The molecule has 0 aliphatic carbocycles. The van der Waals surface area contributed by atoms with Crippen molar-refractivity contribution in [3.63, 3.8) is 0 Å². The van der Waals surface area contributed by atoms with Gasteiger partial charge in [-0.05, 0) is 86.2 Å². The molecule has 40 heavy (non-hydrogen) atoms. The van der Waals surface area contributed by atoms with Crippen LogP contribution in [-0.4, -0.2) is 47.8 Å². The van der Waals surface area contributed by atoms with Crippen LogP contribution in [0.3, 0.4) is 0 Å². The van der Waals surface area contributed by atoms with E-state index in [0.717, 1.165) is 60.6 Å². The Hall–Kier alpha value is -4.08. The summed E-state index contributed by atoms with van der Waals surface area (Å²) in [6, 6.07) is 22.9. The zero-order valence-corrected chi connectivity index (χ0v) is 23.4. The van der Waals surface area contributed by atoms with Crippen molar-refractivity contribution in [2.24, 2.45) is 0 Å². The molecule has 2 aromatic heterocycles. The van der Waals surface area contributed by atoms with Crippen LogP contribution in [0.15, 0.2) is 72.9 Å². The number of benzene rings is 2. The summed E-state index contributed by atoms with van der Waals surface area (Å²) in [4.78, 5) is 9.27. The Labute approximate surface area is 239 Å².